The van der Waals surface area contributed by atoms with Gasteiger partial charge in [-0.25, -0.2) is 0 Å². The lowest BCUT2D eigenvalue weighted by Crippen LogP contribution is -2.18. The van der Waals surface area contributed by atoms with Crippen LogP contribution in [0.4, 0.5) is 0 Å². The van der Waals surface area contributed by atoms with Crippen molar-refractivity contribution in [2.45, 2.75) is 38.9 Å². The maximum Gasteiger partial charge on any atom is 0.258 e. The highest BCUT2D eigenvalue weighted by Crippen LogP contribution is 2.34. The van der Waals surface area contributed by atoms with Gasteiger partial charge >= 0.3 is 0 Å². The minimum Gasteiger partial charge on any atom is -0.490 e. The molecule has 0 bridgehead atoms. The van der Waals surface area contributed by atoms with Crippen LogP contribution < -0.4 is 10.5 Å². The fourth-order valence-electron chi connectivity index (χ4n) is 3.73. The van der Waals surface area contributed by atoms with Gasteiger partial charge in [-0.2, -0.15) is 10.2 Å². The summed E-state index contributed by atoms with van der Waals surface area (Å²) in [4.78, 5) is 4.59. The van der Waals surface area contributed by atoms with E-state index in [1.54, 1.807) is 12.1 Å². The molecule has 0 amide bonds. The molecule has 1 heterocycles. The first-order valence-electron chi connectivity index (χ1n) is 10.1. The van der Waals surface area contributed by atoms with Gasteiger partial charge in [-0.15, -0.1) is 0 Å². The van der Waals surface area contributed by atoms with Crippen LogP contribution in [0.5, 0.6) is 5.75 Å². The maximum absolute atomic E-state index is 9.46. The van der Waals surface area contributed by atoms with E-state index in [-0.39, 0.29) is 12.2 Å². The molecule has 2 aromatic carbocycles. The van der Waals surface area contributed by atoms with E-state index in [1.165, 1.54) is 11.1 Å². The van der Waals surface area contributed by atoms with Gasteiger partial charge in [-0.3, -0.25) is 0 Å². The van der Waals surface area contributed by atoms with Crippen molar-refractivity contribution < 1.29 is 14.0 Å². The van der Waals surface area contributed by atoms with Crippen LogP contribution >= 0.6 is 0 Å². The molecule has 0 spiro atoms. The lowest BCUT2D eigenvalue weighted by molar-refractivity contribution is 0.0665. The summed E-state index contributed by atoms with van der Waals surface area (Å²) in [5, 5.41) is 13.7. The zero-order valence-electron chi connectivity index (χ0n) is 17.1. The minimum absolute atomic E-state index is 0.0178. The number of hydrogen-bond acceptors (Lipinski definition) is 7. The number of rotatable bonds is 7. The third-order valence-electron chi connectivity index (χ3n) is 5.00. The SMILES string of the molecule is CC(C)Oc1ccc(-c2nc(-c3cccc4c3CC(OCCN)C4)no2)cc1C#N. The quantitative estimate of drug-likeness (QED) is 0.642. The van der Waals surface area contributed by atoms with Gasteiger partial charge in [0.2, 0.25) is 5.82 Å². The molecule has 0 aliphatic heterocycles. The molecule has 0 saturated carbocycles. The Morgan fingerprint density at radius 3 is 2.90 bits per heavy atom. The second-order valence-electron chi connectivity index (χ2n) is 7.55. The molecule has 2 N–H and O–H groups in total. The normalized spacial score (nSPS) is 15.2. The average molecular weight is 404 g/mol. The number of hydrogen-bond donors (Lipinski definition) is 1. The topological polar surface area (TPSA) is 107 Å². The van der Waals surface area contributed by atoms with Crippen molar-refractivity contribution in [3.63, 3.8) is 0 Å². The van der Waals surface area contributed by atoms with Crippen molar-refractivity contribution in [2.75, 3.05) is 13.2 Å². The van der Waals surface area contributed by atoms with E-state index in [4.69, 9.17) is 19.7 Å². The Labute approximate surface area is 175 Å². The zero-order valence-corrected chi connectivity index (χ0v) is 17.1. The van der Waals surface area contributed by atoms with Gasteiger partial charge in [0.05, 0.1) is 24.4 Å². The lowest BCUT2D eigenvalue weighted by atomic mass is 10.0. The monoisotopic (exact) mass is 404 g/mol. The van der Waals surface area contributed by atoms with Gasteiger partial charge in [0.1, 0.15) is 11.8 Å². The molecule has 1 aliphatic carbocycles. The molecule has 1 aliphatic rings. The van der Waals surface area contributed by atoms with Crippen LogP contribution in [0.1, 0.15) is 30.5 Å². The van der Waals surface area contributed by atoms with Crippen molar-refractivity contribution in [2.24, 2.45) is 5.73 Å². The Kier molecular flexibility index (Phi) is 5.79. The van der Waals surface area contributed by atoms with Crippen LogP contribution in [0, 0.1) is 11.3 Å². The van der Waals surface area contributed by atoms with E-state index in [0.29, 0.717) is 41.7 Å². The van der Waals surface area contributed by atoms with E-state index in [0.717, 1.165) is 18.4 Å². The van der Waals surface area contributed by atoms with Crippen molar-refractivity contribution in [3.05, 3.63) is 53.1 Å². The molecule has 1 aromatic heterocycles. The standard InChI is InChI=1S/C23H24N4O3/c1-14(2)29-21-7-6-16(10-17(21)13-25)23-26-22(27-30-23)19-5-3-4-15-11-18(12-20(15)19)28-9-8-24/h3-7,10,14,18H,8-9,11-12,24H2,1-2H3. The number of aromatic nitrogens is 2. The van der Waals surface area contributed by atoms with Crippen LogP contribution in [0.25, 0.3) is 22.8 Å². The minimum atomic E-state index is -0.0178. The van der Waals surface area contributed by atoms with E-state index in [9.17, 15) is 5.26 Å². The summed E-state index contributed by atoms with van der Waals surface area (Å²) < 4.78 is 17.0. The third-order valence-corrected chi connectivity index (χ3v) is 5.00. The zero-order chi connectivity index (χ0) is 21.1. The summed E-state index contributed by atoms with van der Waals surface area (Å²) in [6.45, 7) is 4.91. The predicted octanol–water partition coefficient (Wildman–Crippen LogP) is 3.50. The molecule has 30 heavy (non-hydrogen) atoms. The largest absolute Gasteiger partial charge is 0.490 e. The molecule has 7 heteroatoms. The molecule has 0 saturated heterocycles. The molecule has 3 aromatic rings. The Hall–Kier alpha value is -3.21. The third kappa shape index (κ3) is 4.06. The van der Waals surface area contributed by atoms with E-state index in [1.807, 2.05) is 32.0 Å². The van der Waals surface area contributed by atoms with Crippen LogP contribution in [0.15, 0.2) is 40.9 Å². The van der Waals surface area contributed by atoms with Crippen molar-refractivity contribution in [1.29, 1.82) is 5.26 Å². The van der Waals surface area contributed by atoms with Gasteiger partial charge in [0.15, 0.2) is 0 Å². The summed E-state index contributed by atoms with van der Waals surface area (Å²) in [6, 6.07) is 13.6. The van der Waals surface area contributed by atoms with Gasteiger partial charge in [-0.1, -0.05) is 23.4 Å². The molecule has 7 nitrogen and oxygen atoms in total. The molecule has 1 atom stereocenters. The first-order valence-corrected chi connectivity index (χ1v) is 10.1. The Morgan fingerprint density at radius 1 is 1.27 bits per heavy atom. The maximum atomic E-state index is 9.46. The average Bonchev–Trinajstić information content (AvgIpc) is 3.39. The van der Waals surface area contributed by atoms with E-state index in [2.05, 4.69) is 22.3 Å². The lowest BCUT2D eigenvalue weighted by Gasteiger charge is -2.11. The Balaban J connectivity index is 1.61. The fraction of sp³-hybridized carbons (Fsp3) is 0.348. The number of ether oxygens (including phenoxy) is 2. The van der Waals surface area contributed by atoms with Crippen LogP contribution in [0.2, 0.25) is 0 Å². The van der Waals surface area contributed by atoms with Crippen molar-refractivity contribution in [1.82, 2.24) is 10.1 Å². The molecule has 1 unspecified atom stereocenters. The van der Waals surface area contributed by atoms with Gasteiger partial charge in [-0.05, 0) is 56.0 Å². The van der Waals surface area contributed by atoms with Gasteiger partial charge in [0.25, 0.3) is 5.89 Å². The number of nitrogens with two attached hydrogens (primary N) is 1. The van der Waals surface area contributed by atoms with E-state index >= 15 is 0 Å². The molecular formula is C23H24N4O3. The second-order valence-corrected chi connectivity index (χ2v) is 7.55. The highest BCUT2D eigenvalue weighted by Gasteiger charge is 2.26. The summed E-state index contributed by atoms with van der Waals surface area (Å²) in [5.41, 5.74) is 10.0. The van der Waals surface area contributed by atoms with Crippen molar-refractivity contribution in [3.8, 4) is 34.7 Å². The fourth-order valence-corrected chi connectivity index (χ4v) is 3.73. The van der Waals surface area contributed by atoms with Gasteiger partial charge < -0.3 is 19.7 Å². The molecule has 4 rings (SSSR count). The van der Waals surface area contributed by atoms with Crippen LogP contribution in [0.3, 0.4) is 0 Å². The molecule has 154 valence electrons. The number of nitrogens with zero attached hydrogens (tertiary/aromatic N) is 3. The van der Waals surface area contributed by atoms with Crippen LogP contribution in [-0.4, -0.2) is 35.5 Å². The Bertz CT molecular complexity index is 1080. The summed E-state index contributed by atoms with van der Waals surface area (Å²) in [7, 11) is 0. The smallest absolute Gasteiger partial charge is 0.258 e. The predicted molar refractivity (Wildman–Crippen MR) is 112 cm³/mol. The molecule has 0 fully saturated rings. The summed E-state index contributed by atoms with van der Waals surface area (Å²) in [5.74, 6) is 1.44. The number of nitriles is 1. The number of benzene rings is 2. The van der Waals surface area contributed by atoms with Crippen molar-refractivity contribution >= 4 is 0 Å². The highest BCUT2D eigenvalue weighted by atomic mass is 16.5. The van der Waals surface area contributed by atoms with Gasteiger partial charge in [0, 0.05) is 17.7 Å². The molecule has 0 radical (unpaired) electrons. The van der Waals surface area contributed by atoms with E-state index < -0.39 is 0 Å². The highest BCUT2D eigenvalue weighted by molar-refractivity contribution is 5.67. The molecular weight excluding hydrogens is 380 g/mol. The second kappa shape index (κ2) is 8.66. The number of fused-ring (bicyclic) bond motifs is 1. The first-order chi connectivity index (χ1) is 14.6. The van der Waals surface area contributed by atoms with Crippen LogP contribution in [-0.2, 0) is 17.6 Å². The summed E-state index contributed by atoms with van der Waals surface area (Å²) in [6.07, 6.45) is 1.77. The first kappa shape index (κ1) is 20.1. The summed E-state index contributed by atoms with van der Waals surface area (Å²) >= 11 is 0. The Morgan fingerprint density at radius 2 is 2.13 bits per heavy atom.